The average molecular weight is 311 g/mol. The molecule has 1 aromatic carbocycles. The number of allylic oxidation sites excluding steroid dienone is 2. The first-order chi connectivity index (χ1) is 11.0. The number of rotatable bonds is 1. The van der Waals surface area contributed by atoms with Gasteiger partial charge in [0.2, 0.25) is 0 Å². The summed E-state index contributed by atoms with van der Waals surface area (Å²) in [4.78, 5) is 0. The van der Waals surface area contributed by atoms with E-state index in [0.29, 0.717) is 18.1 Å². The minimum atomic E-state index is -1.26. The lowest BCUT2D eigenvalue weighted by atomic mass is 9.64. The monoisotopic (exact) mass is 311 g/mol. The van der Waals surface area contributed by atoms with E-state index in [9.17, 15) is 15.3 Å². The Labute approximate surface area is 135 Å². The highest BCUT2D eigenvalue weighted by atomic mass is 16.3. The van der Waals surface area contributed by atoms with Gasteiger partial charge in [-0.05, 0) is 60.8 Å². The van der Waals surface area contributed by atoms with Gasteiger partial charge in [0, 0.05) is 5.92 Å². The normalized spacial score (nSPS) is 38.0. The molecule has 0 amide bonds. The molecule has 0 radical (unpaired) electrons. The van der Waals surface area contributed by atoms with Gasteiger partial charge in [-0.1, -0.05) is 17.7 Å². The second-order valence-corrected chi connectivity index (χ2v) is 7.21. The summed E-state index contributed by atoms with van der Waals surface area (Å²) in [7, 11) is 0. The van der Waals surface area contributed by atoms with E-state index in [1.54, 1.807) is 6.07 Å². The maximum Gasteiger partial charge on any atom is 0.115 e. The largest absolute Gasteiger partial charge is 0.508 e. The smallest absolute Gasteiger partial charge is 0.115 e. The van der Waals surface area contributed by atoms with E-state index in [-0.39, 0.29) is 18.3 Å². The van der Waals surface area contributed by atoms with Crippen LogP contribution in [0.4, 0.5) is 0 Å². The third kappa shape index (κ3) is 2.04. The van der Waals surface area contributed by atoms with Crippen molar-refractivity contribution in [3.05, 3.63) is 41.0 Å². The standard InChI is InChI=1S/C19H21NO3/c20-8-7-19(23)17-6-5-14-13-4-2-12(21)9-11(13)1-3-15(14)16(17)10-18(19)22/h2-4,9,14,16-18,21-23H,1,5-7,10H2. The molecule has 3 aliphatic carbocycles. The summed E-state index contributed by atoms with van der Waals surface area (Å²) in [5, 5.41) is 39.9. The van der Waals surface area contributed by atoms with Crippen LogP contribution in [0.3, 0.4) is 0 Å². The molecule has 3 aliphatic rings. The first-order valence-corrected chi connectivity index (χ1v) is 8.33. The number of benzene rings is 1. The number of phenolic OH excluding ortho intramolecular Hbond substituents is 1. The van der Waals surface area contributed by atoms with Gasteiger partial charge < -0.3 is 15.3 Å². The van der Waals surface area contributed by atoms with Gasteiger partial charge >= 0.3 is 0 Å². The van der Waals surface area contributed by atoms with Crippen molar-refractivity contribution in [3.8, 4) is 11.8 Å². The molecule has 23 heavy (non-hydrogen) atoms. The number of phenols is 1. The highest BCUT2D eigenvalue weighted by molar-refractivity contribution is 5.47. The molecule has 120 valence electrons. The van der Waals surface area contributed by atoms with Crippen LogP contribution in [0.5, 0.6) is 5.75 Å². The van der Waals surface area contributed by atoms with E-state index in [4.69, 9.17) is 5.26 Å². The first-order valence-electron chi connectivity index (χ1n) is 8.33. The molecule has 2 saturated carbocycles. The van der Waals surface area contributed by atoms with Crippen LogP contribution in [0.2, 0.25) is 0 Å². The Morgan fingerprint density at radius 1 is 1.30 bits per heavy atom. The third-order valence-corrected chi connectivity index (χ3v) is 6.20. The predicted octanol–water partition coefficient (Wildman–Crippen LogP) is 2.39. The van der Waals surface area contributed by atoms with Crippen LogP contribution < -0.4 is 0 Å². The number of aliphatic hydroxyl groups excluding tert-OH is 1. The predicted molar refractivity (Wildman–Crippen MR) is 84.7 cm³/mol. The number of aliphatic hydroxyl groups is 2. The van der Waals surface area contributed by atoms with Crippen LogP contribution in [0.1, 0.15) is 42.7 Å². The molecule has 0 aliphatic heterocycles. The van der Waals surface area contributed by atoms with Gasteiger partial charge in [0.25, 0.3) is 0 Å². The van der Waals surface area contributed by atoms with Crippen molar-refractivity contribution in [1.82, 2.24) is 0 Å². The molecule has 4 nitrogen and oxygen atoms in total. The van der Waals surface area contributed by atoms with Gasteiger partial charge in [0.05, 0.1) is 18.6 Å². The van der Waals surface area contributed by atoms with E-state index >= 15 is 0 Å². The van der Waals surface area contributed by atoms with Crippen molar-refractivity contribution in [2.45, 2.75) is 49.7 Å². The highest BCUT2D eigenvalue weighted by Crippen LogP contribution is 2.57. The number of nitrogens with zero attached hydrogens (tertiary/aromatic N) is 1. The molecule has 0 heterocycles. The SMILES string of the molecule is N#CCC1(O)C(O)CC2C3=CCc4cc(O)ccc4C3CCC21. The maximum atomic E-state index is 10.8. The van der Waals surface area contributed by atoms with Gasteiger partial charge in [-0.2, -0.15) is 5.26 Å². The molecule has 0 aromatic heterocycles. The van der Waals surface area contributed by atoms with Crippen molar-refractivity contribution >= 4 is 0 Å². The summed E-state index contributed by atoms with van der Waals surface area (Å²) in [6.07, 6.45) is 4.46. The van der Waals surface area contributed by atoms with Crippen LogP contribution in [0.15, 0.2) is 29.8 Å². The topological polar surface area (TPSA) is 84.5 Å². The molecule has 5 unspecified atom stereocenters. The molecule has 0 saturated heterocycles. The fraction of sp³-hybridized carbons (Fsp3) is 0.526. The Morgan fingerprint density at radius 2 is 2.13 bits per heavy atom. The Bertz CT molecular complexity index is 720. The van der Waals surface area contributed by atoms with E-state index in [2.05, 4.69) is 12.1 Å². The Balaban J connectivity index is 1.70. The third-order valence-electron chi connectivity index (χ3n) is 6.20. The molecule has 4 heteroatoms. The zero-order valence-corrected chi connectivity index (χ0v) is 12.9. The second kappa shape index (κ2) is 5.09. The maximum absolute atomic E-state index is 10.8. The van der Waals surface area contributed by atoms with E-state index < -0.39 is 11.7 Å². The fourth-order valence-electron chi connectivity index (χ4n) is 5.14. The van der Waals surface area contributed by atoms with Crippen molar-refractivity contribution in [1.29, 1.82) is 5.26 Å². The zero-order chi connectivity index (χ0) is 16.2. The van der Waals surface area contributed by atoms with Crippen molar-refractivity contribution < 1.29 is 15.3 Å². The number of fused-ring (bicyclic) bond motifs is 5. The summed E-state index contributed by atoms with van der Waals surface area (Å²) in [5.41, 5.74) is 2.49. The zero-order valence-electron chi connectivity index (χ0n) is 12.9. The van der Waals surface area contributed by atoms with Gasteiger partial charge in [-0.25, -0.2) is 0 Å². The summed E-state index contributed by atoms with van der Waals surface area (Å²) in [5.74, 6) is 0.744. The molecule has 1 aromatic rings. The minimum Gasteiger partial charge on any atom is -0.508 e. The summed E-state index contributed by atoms with van der Waals surface area (Å²) < 4.78 is 0. The molecular formula is C19H21NO3. The number of aromatic hydroxyl groups is 1. The Morgan fingerprint density at radius 3 is 2.91 bits per heavy atom. The Kier molecular flexibility index (Phi) is 3.26. The van der Waals surface area contributed by atoms with Crippen LogP contribution in [-0.2, 0) is 6.42 Å². The van der Waals surface area contributed by atoms with Crippen molar-refractivity contribution in [2.24, 2.45) is 11.8 Å². The number of nitriles is 1. The lowest BCUT2D eigenvalue weighted by molar-refractivity contribution is -0.0830. The number of hydrogen-bond acceptors (Lipinski definition) is 4. The molecule has 4 rings (SSSR count). The molecule has 2 fully saturated rings. The molecule has 0 spiro atoms. The quantitative estimate of drug-likeness (QED) is 0.695. The lowest BCUT2D eigenvalue weighted by Crippen LogP contribution is -2.45. The minimum absolute atomic E-state index is 0.00224. The van der Waals surface area contributed by atoms with Crippen molar-refractivity contribution in [2.75, 3.05) is 0 Å². The van der Waals surface area contributed by atoms with Crippen LogP contribution >= 0.6 is 0 Å². The van der Waals surface area contributed by atoms with Gasteiger partial charge in [0.1, 0.15) is 11.4 Å². The fourth-order valence-corrected chi connectivity index (χ4v) is 5.14. The van der Waals surface area contributed by atoms with Crippen LogP contribution in [0, 0.1) is 23.2 Å². The van der Waals surface area contributed by atoms with Gasteiger partial charge in [0.15, 0.2) is 0 Å². The molecule has 0 bridgehead atoms. The van der Waals surface area contributed by atoms with E-state index in [1.165, 1.54) is 16.7 Å². The highest BCUT2D eigenvalue weighted by Gasteiger charge is 2.56. The van der Waals surface area contributed by atoms with Gasteiger partial charge in [-0.3, -0.25) is 0 Å². The van der Waals surface area contributed by atoms with Crippen molar-refractivity contribution in [3.63, 3.8) is 0 Å². The molecular weight excluding hydrogens is 290 g/mol. The Hall–Kier alpha value is -1.83. The van der Waals surface area contributed by atoms with Crippen LogP contribution in [-0.4, -0.2) is 27.0 Å². The second-order valence-electron chi connectivity index (χ2n) is 7.21. The summed E-state index contributed by atoms with van der Waals surface area (Å²) in [6.45, 7) is 0. The van der Waals surface area contributed by atoms with Crippen LogP contribution in [0.25, 0.3) is 0 Å². The average Bonchev–Trinajstić information content (AvgIpc) is 2.78. The molecule has 3 N–H and O–H groups in total. The first kappa shape index (κ1) is 14.7. The molecule has 5 atom stereocenters. The van der Waals surface area contributed by atoms with Gasteiger partial charge in [-0.15, -0.1) is 0 Å². The number of hydrogen-bond donors (Lipinski definition) is 3. The summed E-state index contributed by atoms with van der Waals surface area (Å²) in [6, 6.07) is 7.64. The summed E-state index contributed by atoms with van der Waals surface area (Å²) >= 11 is 0. The van der Waals surface area contributed by atoms with E-state index in [1.807, 2.05) is 12.1 Å². The lowest BCUT2D eigenvalue weighted by Gasteiger charge is -2.42. The van der Waals surface area contributed by atoms with E-state index in [0.717, 1.165) is 19.3 Å².